The number of aromatic nitrogens is 1. The van der Waals surface area contributed by atoms with Gasteiger partial charge in [-0.2, -0.15) is 0 Å². The van der Waals surface area contributed by atoms with Gasteiger partial charge in [-0.15, -0.1) is 0 Å². The number of fused-ring (bicyclic) bond motifs is 1. The van der Waals surface area contributed by atoms with E-state index in [-0.39, 0.29) is 11.8 Å². The molecule has 25 heavy (non-hydrogen) atoms. The van der Waals surface area contributed by atoms with Crippen molar-refractivity contribution >= 4 is 22.8 Å². The minimum atomic E-state index is 0.183. The number of aromatic amines is 1. The maximum Gasteiger partial charge on any atom is 0.223 e. The number of nitrogens with zero attached hydrogens (tertiary/aromatic N) is 1. The largest absolute Gasteiger partial charge is 0.361 e. The Labute approximate surface area is 148 Å². The molecule has 2 aromatic rings. The van der Waals surface area contributed by atoms with Crippen molar-refractivity contribution in [2.75, 3.05) is 26.2 Å². The number of benzene rings is 1. The number of amides is 1. The van der Waals surface area contributed by atoms with E-state index in [1.165, 1.54) is 10.9 Å². The zero-order chi connectivity index (χ0) is 17.5. The molecule has 134 valence electrons. The number of H-pyrrole nitrogens is 1. The molecule has 0 radical (unpaired) electrons. The van der Waals surface area contributed by atoms with Gasteiger partial charge in [0.2, 0.25) is 5.91 Å². The summed E-state index contributed by atoms with van der Waals surface area (Å²) in [5.74, 6) is 1.24. The van der Waals surface area contributed by atoms with Gasteiger partial charge in [0.25, 0.3) is 0 Å². The minimum Gasteiger partial charge on any atom is -0.361 e. The highest BCUT2D eigenvalue weighted by Gasteiger charge is 2.28. The first-order valence-electron chi connectivity index (χ1n) is 9.13. The molecular formula is C19H27N5O. The molecule has 1 aliphatic rings. The summed E-state index contributed by atoms with van der Waals surface area (Å²) in [7, 11) is 0. The number of para-hydroxylation sites is 1. The quantitative estimate of drug-likeness (QED) is 0.336. The van der Waals surface area contributed by atoms with E-state index in [0.29, 0.717) is 19.6 Å². The molecule has 0 atom stereocenters. The first-order valence-corrected chi connectivity index (χ1v) is 9.13. The van der Waals surface area contributed by atoms with Crippen LogP contribution in [-0.2, 0) is 11.2 Å². The molecule has 1 aromatic heterocycles. The molecule has 1 aromatic carbocycles. The van der Waals surface area contributed by atoms with Crippen LogP contribution in [0, 0.1) is 5.92 Å². The molecule has 0 saturated heterocycles. The summed E-state index contributed by atoms with van der Waals surface area (Å²) in [5, 5.41) is 10.7. The van der Waals surface area contributed by atoms with E-state index in [0.717, 1.165) is 37.3 Å². The lowest BCUT2D eigenvalue weighted by Gasteiger charge is -2.11. The van der Waals surface area contributed by atoms with Crippen molar-refractivity contribution in [1.82, 2.24) is 20.9 Å². The normalized spacial score (nSPS) is 14.5. The molecule has 3 rings (SSSR count). The molecule has 6 nitrogen and oxygen atoms in total. The predicted molar refractivity (Wildman–Crippen MR) is 102 cm³/mol. The molecule has 4 N–H and O–H groups in total. The monoisotopic (exact) mass is 341 g/mol. The Morgan fingerprint density at radius 1 is 1.20 bits per heavy atom. The Balaban J connectivity index is 1.45. The summed E-state index contributed by atoms with van der Waals surface area (Å²) >= 11 is 0. The fourth-order valence-corrected chi connectivity index (χ4v) is 2.82. The van der Waals surface area contributed by atoms with Crippen molar-refractivity contribution in [2.24, 2.45) is 10.9 Å². The van der Waals surface area contributed by atoms with Gasteiger partial charge >= 0.3 is 0 Å². The second-order valence-electron chi connectivity index (χ2n) is 6.36. The zero-order valence-electron chi connectivity index (χ0n) is 14.8. The number of aliphatic imine (C=N–C) groups is 1. The fraction of sp³-hybridized carbons (Fsp3) is 0.474. The minimum absolute atomic E-state index is 0.183. The molecule has 1 amide bonds. The van der Waals surface area contributed by atoms with Gasteiger partial charge in [0, 0.05) is 49.2 Å². The highest BCUT2D eigenvalue weighted by Crippen LogP contribution is 2.28. The van der Waals surface area contributed by atoms with E-state index in [4.69, 9.17) is 0 Å². The fourth-order valence-electron chi connectivity index (χ4n) is 2.82. The SMILES string of the molecule is CCNC(=NCCc1c[nH]c2ccccc12)NCCNC(=O)C1CC1. The standard InChI is InChI=1S/C19H27N5O/c1-2-20-19(23-12-11-21-18(25)14-7-8-14)22-10-9-15-13-24-17-6-4-3-5-16(15)17/h3-6,13-14,24H,2,7-12H2,1H3,(H,21,25)(H2,20,22,23). The van der Waals surface area contributed by atoms with E-state index in [9.17, 15) is 4.79 Å². The van der Waals surface area contributed by atoms with Crippen molar-refractivity contribution in [3.8, 4) is 0 Å². The van der Waals surface area contributed by atoms with Gasteiger partial charge in [0.1, 0.15) is 0 Å². The smallest absolute Gasteiger partial charge is 0.223 e. The van der Waals surface area contributed by atoms with Crippen LogP contribution in [0.25, 0.3) is 10.9 Å². The maximum absolute atomic E-state index is 11.6. The van der Waals surface area contributed by atoms with Gasteiger partial charge in [-0.05, 0) is 37.8 Å². The molecule has 1 fully saturated rings. The molecule has 1 heterocycles. The summed E-state index contributed by atoms with van der Waals surface area (Å²) in [6.45, 7) is 4.88. The van der Waals surface area contributed by atoms with Gasteiger partial charge in [-0.3, -0.25) is 9.79 Å². The van der Waals surface area contributed by atoms with Crippen molar-refractivity contribution in [3.63, 3.8) is 0 Å². The first kappa shape index (κ1) is 17.3. The highest BCUT2D eigenvalue weighted by molar-refractivity contribution is 5.83. The summed E-state index contributed by atoms with van der Waals surface area (Å²) < 4.78 is 0. The molecule has 0 unspecified atom stereocenters. The molecule has 1 aliphatic carbocycles. The predicted octanol–water partition coefficient (Wildman–Crippen LogP) is 1.79. The van der Waals surface area contributed by atoms with Crippen LogP contribution in [0.2, 0.25) is 0 Å². The van der Waals surface area contributed by atoms with Gasteiger partial charge in [-0.25, -0.2) is 0 Å². The number of hydrogen-bond donors (Lipinski definition) is 4. The van der Waals surface area contributed by atoms with Crippen LogP contribution < -0.4 is 16.0 Å². The lowest BCUT2D eigenvalue weighted by molar-refractivity contribution is -0.122. The van der Waals surface area contributed by atoms with Gasteiger partial charge in [0.15, 0.2) is 5.96 Å². The number of carbonyl (C=O) groups is 1. The summed E-state index contributed by atoms with van der Waals surface area (Å²) in [6, 6.07) is 8.32. The molecule has 0 bridgehead atoms. The Morgan fingerprint density at radius 2 is 2.00 bits per heavy atom. The molecule has 6 heteroatoms. The number of nitrogens with one attached hydrogen (secondary N) is 4. The third-order valence-electron chi connectivity index (χ3n) is 4.34. The molecule has 0 aliphatic heterocycles. The Kier molecular flexibility index (Phi) is 5.93. The first-order chi connectivity index (χ1) is 12.3. The van der Waals surface area contributed by atoms with Gasteiger partial charge < -0.3 is 20.9 Å². The van der Waals surface area contributed by atoms with Crippen molar-refractivity contribution in [2.45, 2.75) is 26.2 Å². The second-order valence-corrected chi connectivity index (χ2v) is 6.36. The van der Waals surface area contributed by atoms with E-state index in [2.05, 4.69) is 50.3 Å². The number of hydrogen-bond acceptors (Lipinski definition) is 2. The van der Waals surface area contributed by atoms with Crippen LogP contribution in [0.4, 0.5) is 0 Å². The average molecular weight is 341 g/mol. The highest BCUT2D eigenvalue weighted by atomic mass is 16.2. The second kappa shape index (κ2) is 8.55. The Hall–Kier alpha value is -2.50. The lowest BCUT2D eigenvalue weighted by atomic mass is 10.1. The van der Waals surface area contributed by atoms with E-state index in [1.807, 2.05) is 13.0 Å². The van der Waals surface area contributed by atoms with Crippen LogP contribution in [0.3, 0.4) is 0 Å². The van der Waals surface area contributed by atoms with Crippen molar-refractivity contribution < 1.29 is 4.79 Å². The van der Waals surface area contributed by atoms with E-state index in [1.54, 1.807) is 0 Å². The van der Waals surface area contributed by atoms with Crippen LogP contribution in [0.1, 0.15) is 25.3 Å². The van der Waals surface area contributed by atoms with Gasteiger partial charge in [0.05, 0.1) is 0 Å². The molecule has 0 spiro atoms. The lowest BCUT2D eigenvalue weighted by Crippen LogP contribution is -2.41. The maximum atomic E-state index is 11.6. The van der Waals surface area contributed by atoms with Crippen LogP contribution in [-0.4, -0.2) is 43.0 Å². The van der Waals surface area contributed by atoms with Gasteiger partial charge in [-0.1, -0.05) is 18.2 Å². The number of carbonyl (C=O) groups excluding carboxylic acids is 1. The van der Waals surface area contributed by atoms with Crippen LogP contribution >= 0.6 is 0 Å². The zero-order valence-corrected chi connectivity index (χ0v) is 14.8. The topological polar surface area (TPSA) is 81.3 Å². The average Bonchev–Trinajstić information content (AvgIpc) is 3.40. The summed E-state index contributed by atoms with van der Waals surface area (Å²) in [5.41, 5.74) is 2.45. The van der Waals surface area contributed by atoms with E-state index >= 15 is 0 Å². The molecule has 1 saturated carbocycles. The third kappa shape index (κ3) is 4.98. The summed E-state index contributed by atoms with van der Waals surface area (Å²) in [4.78, 5) is 19.5. The van der Waals surface area contributed by atoms with E-state index < -0.39 is 0 Å². The number of rotatable bonds is 8. The third-order valence-corrected chi connectivity index (χ3v) is 4.34. The molecular weight excluding hydrogens is 314 g/mol. The van der Waals surface area contributed by atoms with Crippen molar-refractivity contribution in [3.05, 3.63) is 36.0 Å². The summed E-state index contributed by atoms with van der Waals surface area (Å²) in [6.07, 6.45) is 5.03. The number of guanidine groups is 1. The Morgan fingerprint density at radius 3 is 2.80 bits per heavy atom. The van der Waals surface area contributed by atoms with Crippen LogP contribution in [0.15, 0.2) is 35.5 Å². The van der Waals surface area contributed by atoms with Crippen molar-refractivity contribution in [1.29, 1.82) is 0 Å². The Bertz CT molecular complexity index is 732. The van der Waals surface area contributed by atoms with Crippen LogP contribution in [0.5, 0.6) is 0 Å².